The number of rotatable bonds is 2. The molecule has 0 N–H and O–H groups in total. The van der Waals surface area contributed by atoms with Crippen molar-refractivity contribution in [2.75, 3.05) is 0 Å². The van der Waals surface area contributed by atoms with Gasteiger partial charge in [0.1, 0.15) is 6.07 Å². The molecule has 2 unspecified atom stereocenters. The van der Waals surface area contributed by atoms with E-state index in [9.17, 15) is 14.9 Å². The first-order chi connectivity index (χ1) is 18.5. The van der Waals surface area contributed by atoms with Crippen molar-refractivity contribution in [1.29, 1.82) is 5.26 Å². The molecule has 5 aliphatic rings. The Labute approximate surface area is 239 Å². The number of Topliss-reactive ketones (excluding diaryl/α,β-unsaturated/α-hetero) is 1. The van der Waals surface area contributed by atoms with Crippen molar-refractivity contribution in [3.8, 4) is 6.07 Å². The minimum absolute atomic E-state index is 0.0332. The van der Waals surface area contributed by atoms with E-state index in [0.717, 1.165) is 57.2 Å². The number of aryl methyl sites for hydroxylation is 1. The molecule has 6 nitrogen and oxygen atoms in total. The highest BCUT2D eigenvalue weighted by molar-refractivity contribution is 6.04. The number of hydrogen-bond donors (Lipinski definition) is 0. The molecule has 7 atom stereocenters. The van der Waals surface area contributed by atoms with Gasteiger partial charge in [-0.1, -0.05) is 65.3 Å². The van der Waals surface area contributed by atoms with Gasteiger partial charge >= 0.3 is 0 Å². The minimum atomic E-state index is -0.636. The van der Waals surface area contributed by atoms with Crippen LogP contribution in [0.4, 0.5) is 0 Å². The molecular weight excluding hydrogens is 496 g/mol. The molecule has 0 bridgehead atoms. The van der Waals surface area contributed by atoms with Gasteiger partial charge in [0.2, 0.25) is 0 Å². The van der Waals surface area contributed by atoms with Gasteiger partial charge in [-0.2, -0.15) is 5.26 Å². The van der Waals surface area contributed by atoms with Crippen molar-refractivity contribution < 1.29 is 9.59 Å². The number of allylic oxidation sites excluding steroid dienone is 4. The second kappa shape index (κ2) is 8.26. The quantitative estimate of drug-likeness (QED) is 0.410. The summed E-state index contributed by atoms with van der Waals surface area (Å²) in [6.07, 6.45) is 13.3. The van der Waals surface area contributed by atoms with E-state index >= 15 is 0 Å². The molecule has 0 aromatic carbocycles. The summed E-state index contributed by atoms with van der Waals surface area (Å²) in [4.78, 5) is 27.9. The summed E-state index contributed by atoms with van der Waals surface area (Å²) in [6.45, 7) is 18.6. The molecule has 1 aromatic heterocycles. The summed E-state index contributed by atoms with van der Waals surface area (Å²) in [6, 6.07) is 2.21. The number of carbonyl (C=O) groups excluding carboxylic acids is 2. The van der Waals surface area contributed by atoms with Crippen LogP contribution in [-0.2, 0) is 16.1 Å². The third-order valence-corrected chi connectivity index (χ3v) is 13.2. The van der Waals surface area contributed by atoms with Gasteiger partial charge in [-0.15, -0.1) is 5.10 Å². The second-order valence-electron chi connectivity index (χ2n) is 16.2. The maximum Gasteiger partial charge on any atom is 0.178 e. The molecule has 1 heterocycles. The van der Waals surface area contributed by atoms with Crippen molar-refractivity contribution in [3.05, 3.63) is 35.2 Å². The van der Waals surface area contributed by atoms with E-state index in [1.807, 2.05) is 37.6 Å². The lowest BCUT2D eigenvalue weighted by Gasteiger charge is -2.69. The smallest absolute Gasteiger partial charge is 0.178 e. The van der Waals surface area contributed by atoms with Crippen molar-refractivity contribution in [2.45, 2.75) is 107 Å². The molecule has 6 rings (SSSR count). The molecule has 0 aliphatic heterocycles. The zero-order valence-corrected chi connectivity index (χ0v) is 25.7. The lowest BCUT2D eigenvalue weighted by Crippen LogP contribution is -2.65. The maximum absolute atomic E-state index is 14.6. The number of nitriles is 1. The molecule has 0 spiro atoms. The van der Waals surface area contributed by atoms with Crippen LogP contribution in [0.1, 0.15) is 99.1 Å². The molecule has 0 amide bonds. The van der Waals surface area contributed by atoms with E-state index in [-0.39, 0.29) is 56.6 Å². The predicted molar refractivity (Wildman–Crippen MR) is 154 cm³/mol. The van der Waals surface area contributed by atoms with Gasteiger partial charge in [0.25, 0.3) is 0 Å². The predicted octanol–water partition coefficient (Wildman–Crippen LogP) is 6.81. The average Bonchev–Trinajstić information content (AvgIpc) is 3.27. The fraction of sp³-hybridized carbons (Fsp3) is 0.735. The maximum atomic E-state index is 14.6. The third-order valence-electron chi connectivity index (χ3n) is 13.2. The zero-order valence-electron chi connectivity index (χ0n) is 25.7. The number of aromatic nitrogens is 3. The highest BCUT2D eigenvalue weighted by Crippen LogP contribution is 2.74. The van der Waals surface area contributed by atoms with E-state index in [2.05, 4.69) is 57.2 Å². The molecule has 0 radical (unpaired) electrons. The molecule has 6 heteroatoms. The summed E-state index contributed by atoms with van der Waals surface area (Å²) in [7, 11) is 0. The fourth-order valence-electron chi connectivity index (χ4n) is 10.8. The van der Waals surface area contributed by atoms with Crippen LogP contribution in [-0.4, -0.2) is 26.6 Å². The Hall–Kier alpha value is -2.55. The van der Waals surface area contributed by atoms with Gasteiger partial charge in [-0.25, -0.2) is 0 Å². The Morgan fingerprint density at radius 2 is 1.73 bits per heavy atom. The molecule has 40 heavy (non-hydrogen) atoms. The SMILES string of the molecule is Cc1cn(C[C@]23CCC(C)(C)CC2[C@H]2C(=O)C=C4[C@@]5(C)C=C(C#N)C(=O)C(C)(C)C5CC[C@@]4(C)[C@]2(C)CC3)nn1. The lowest BCUT2D eigenvalue weighted by atomic mass is 9.34. The highest BCUT2D eigenvalue weighted by atomic mass is 16.1. The largest absolute Gasteiger partial charge is 0.295 e. The molecule has 3 fully saturated rings. The van der Waals surface area contributed by atoms with Crippen molar-refractivity contribution in [1.82, 2.24) is 15.0 Å². The lowest BCUT2D eigenvalue weighted by molar-refractivity contribution is -0.174. The van der Waals surface area contributed by atoms with E-state index in [4.69, 9.17) is 0 Å². The van der Waals surface area contributed by atoms with Crippen LogP contribution in [0.15, 0.2) is 29.5 Å². The van der Waals surface area contributed by atoms with Crippen molar-refractivity contribution in [2.24, 2.45) is 50.2 Å². The molecule has 5 aliphatic carbocycles. The van der Waals surface area contributed by atoms with Crippen LogP contribution in [0.2, 0.25) is 0 Å². The average molecular weight is 543 g/mol. The van der Waals surface area contributed by atoms with Gasteiger partial charge in [0.05, 0.1) is 11.3 Å². The van der Waals surface area contributed by atoms with Gasteiger partial charge in [-0.3, -0.25) is 14.3 Å². The monoisotopic (exact) mass is 542 g/mol. The highest BCUT2D eigenvalue weighted by Gasteiger charge is 2.69. The third kappa shape index (κ3) is 3.45. The molecule has 214 valence electrons. The second-order valence-corrected chi connectivity index (χ2v) is 16.2. The first kappa shape index (κ1) is 27.6. The Morgan fingerprint density at radius 1 is 1.02 bits per heavy atom. The van der Waals surface area contributed by atoms with E-state index in [0.29, 0.717) is 0 Å². The van der Waals surface area contributed by atoms with E-state index in [1.54, 1.807) is 0 Å². The number of hydrogen-bond acceptors (Lipinski definition) is 5. The van der Waals surface area contributed by atoms with E-state index < -0.39 is 10.8 Å². The Bertz CT molecular complexity index is 1410. The normalized spacial score (nSPS) is 43.3. The van der Waals surface area contributed by atoms with E-state index in [1.165, 1.54) is 5.57 Å². The number of ketones is 2. The minimum Gasteiger partial charge on any atom is -0.295 e. The van der Waals surface area contributed by atoms with Gasteiger partial charge < -0.3 is 0 Å². The summed E-state index contributed by atoms with van der Waals surface area (Å²) in [5.41, 5.74) is 1.10. The standard InChI is InChI=1S/C34H46N4O2/c1-21-19-38(37-36-21)20-34-13-11-29(2,3)17-23(34)27-24(39)15-26-31(6)16-22(18-35)28(40)30(4,5)25(31)9-10-32(26,7)33(27,8)12-14-34/h15-16,19,23,25,27H,9-14,17,20H2,1-8H3/t23?,25?,27-,31-,32+,33+,34+/m0/s1. The summed E-state index contributed by atoms with van der Waals surface area (Å²) in [5.74, 6) is 0.519. The van der Waals surface area contributed by atoms with Crippen LogP contribution in [0, 0.1) is 68.5 Å². The van der Waals surface area contributed by atoms with Crippen LogP contribution >= 0.6 is 0 Å². The van der Waals surface area contributed by atoms with Crippen LogP contribution < -0.4 is 0 Å². The van der Waals surface area contributed by atoms with Crippen molar-refractivity contribution >= 4 is 11.6 Å². The Morgan fingerprint density at radius 3 is 2.38 bits per heavy atom. The topological polar surface area (TPSA) is 88.6 Å². The number of nitrogens with zero attached hydrogens (tertiary/aromatic N) is 4. The van der Waals surface area contributed by atoms with Crippen molar-refractivity contribution in [3.63, 3.8) is 0 Å². The summed E-state index contributed by atoms with van der Waals surface area (Å²) >= 11 is 0. The van der Waals surface area contributed by atoms with Gasteiger partial charge in [0, 0.05) is 29.5 Å². The fourth-order valence-corrected chi connectivity index (χ4v) is 10.8. The molecular formula is C34H46N4O2. The summed E-state index contributed by atoms with van der Waals surface area (Å²) < 4.78 is 2.03. The van der Waals surface area contributed by atoms with Crippen LogP contribution in [0.3, 0.4) is 0 Å². The first-order valence-corrected chi connectivity index (χ1v) is 15.3. The number of carbonyl (C=O) groups is 2. The van der Waals surface area contributed by atoms with Gasteiger partial charge in [0.15, 0.2) is 11.6 Å². The summed E-state index contributed by atoms with van der Waals surface area (Å²) in [5, 5.41) is 18.7. The zero-order chi connectivity index (χ0) is 29.1. The molecule has 1 aromatic rings. The first-order valence-electron chi connectivity index (χ1n) is 15.3. The van der Waals surface area contributed by atoms with Crippen LogP contribution in [0.5, 0.6) is 0 Å². The Kier molecular flexibility index (Phi) is 5.70. The molecule has 3 saturated carbocycles. The Balaban J connectivity index is 1.50. The van der Waals surface area contributed by atoms with Gasteiger partial charge in [-0.05, 0) is 91.4 Å². The number of fused-ring (bicyclic) bond motifs is 7. The van der Waals surface area contributed by atoms with Crippen LogP contribution in [0.25, 0.3) is 0 Å². The molecule has 0 saturated heterocycles.